The Bertz CT molecular complexity index is 2090. The Balaban J connectivity index is 1.11. The van der Waals surface area contributed by atoms with E-state index in [0.717, 1.165) is 26.8 Å². The molecule has 3 N–H and O–H groups in total. The normalized spacial score (nSPS) is 11.2. The molecule has 0 radical (unpaired) electrons. The summed E-state index contributed by atoms with van der Waals surface area (Å²) in [5.41, 5.74) is 3.38. The van der Waals surface area contributed by atoms with Gasteiger partial charge >= 0.3 is 0 Å². The monoisotopic (exact) mass is 674 g/mol. The predicted octanol–water partition coefficient (Wildman–Crippen LogP) is 8.76. The van der Waals surface area contributed by atoms with E-state index < -0.39 is 11.8 Å². The third-order valence-electron chi connectivity index (χ3n) is 7.03. The summed E-state index contributed by atoms with van der Waals surface area (Å²) in [6, 6.07) is 37.0. The summed E-state index contributed by atoms with van der Waals surface area (Å²) >= 11 is 8.96. The molecule has 6 aromatic rings. The van der Waals surface area contributed by atoms with Crippen LogP contribution >= 0.6 is 34.7 Å². The molecule has 7 nitrogen and oxygen atoms in total. The van der Waals surface area contributed by atoms with E-state index in [0.29, 0.717) is 27.1 Å². The Morgan fingerprint density at radius 3 is 2.32 bits per heavy atom. The van der Waals surface area contributed by atoms with E-state index >= 15 is 0 Å². The highest BCUT2D eigenvalue weighted by Gasteiger charge is 2.16. The van der Waals surface area contributed by atoms with Gasteiger partial charge in [0.25, 0.3) is 11.8 Å². The zero-order valence-corrected chi connectivity index (χ0v) is 27.2. The summed E-state index contributed by atoms with van der Waals surface area (Å²) in [7, 11) is 0. The molecule has 0 unspecified atom stereocenters. The van der Waals surface area contributed by atoms with E-state index in [9.17, 15) is 14.4 Å². The zero-order valence-electron chi connectivity index (χ0n) is 24.8. The molecule has 47 heavy (non-hydrogen) atoms. The second-order valence-electron chi connectivity index (χ2n) is 10.3. The fourth-order valence-electron chi connectivity index (χ4n) is 4.74. The molecule has 0 bridgehead atoms. The molecule has 232 valence electrons. The minimum Gasteiger partial charge on any atom is -0.321 e. The first-order valence-electron chi connectivity index (χ1n) is 14.5. The maximum Gasteiger partial charge on any atom is 0.272 e. The van der Waals surface area contributed by atoms with Crippen molar-refractivity contribution >= 4 is 80.1 Å². The van der Waals surface area contributed by atoms with Gasteiger partial charge in [-0.15, -0.1) is 23.1 Å². The number of nitrogens with one attached hydrogen (secondary N) is 3. The van der Waals surface area contributed by atoms with Crippen molar-refractivity contribution in [1.82, 2.24) is 10.3 Å². The number of carbonyl (C=O) groups excluding carboxylic acids is 3. The van der Waals surface area contributed by atoms with Crippen molar-refractivity contribution in [2.75, 3.05) is 16.4 Å². The molecule has 0 saturated carbocycles. The molecule has 0 aliphatic carbocycles. The molecule has 5 aromatic carbocycles. The lowest BCUT2D eigenvalue weighted by Crippen LogP contribution is -2.30. The highest BCUT2D eigenvalue weighted by Crippen LogP contribution is 2.30. The third kappa shape index (κ3) is 8.14. The lowest BCUT2D eigenvalue weighted by atomic mass is 10.0. The number of rotatable bonds is 10. The van der Waals surface area contributed by atoms with Gasteiger partial charge in [-0.05, 0) is 64.9 Å². The van der Waals surface area contributed by atoms with Crippen LogP contribution in [0.4, 0.5) is 10.8 Å². The van der Waals surface area contributed by atoms with Crippen LogP contribution in [0.2, 0.25) is 5.02 Å². The first kappa shape index (κ1) is 31.7. The number of thioether (sulfide) groups is 1. The van der Waals surface area contributed by atoms with Crippen molar-refractivity contribution in [3.8, 4) is 11.3 Å². The van der Waals surface area contributed by atoms with Gasteiger partial charge < -0.3 is 16.0 Å². The summed E-state index contributed by atoms with van der Waals surface area (Å²) in [6.45, 7) is 0. The maximum absolute atomic E-state index is 13.5. The van der Waals surface area contributed by atoms with E-state index in [4.69, 9.17) is 11.6 Å². The van der Waals surface area contributed by atoms with Gasteiger partial charge in [0, 0.05) is 32.1 Å². The molecule has 0 fully saturated rings. The van der Waals surface area contributed by atoms with E-state index in [1.165, 1.54) is 23.1 Å². The number of hydrogen-bond donors (Lipinski definition) is 3. The Morgan fingerprint density at radius 2 is 1.51 bits per heavy atom. The van der Waals surface area contributed by atoms with Crippen molar-refractivity contribution in [2.24, 2.45) is 0 Å². The highest BCUT2D eigenvalue weighted by molar-refractivity contribution is 8.00. The van der Waals surface area contributed by atoms with Crippen LogP contribution in [0.5, 0.6) is 0 Å². The highest BCUT2D eigenvalue weighted by atomic mass is 35.5. The van der Waals surface area contributed by atoms with Crippen molar-refractivity contribution in [3.05, 3.63) is 149 Å². The largest absolute Gasteiger partial charge is 0.321 e. The van der Waals surface area contributed by atoms with Crippen LogP contribution in [-0.4, -0.2) is 28.5 Å². The smallest absolute Gasteiger partial charge is 0.272 e. The van der Waals surface area contributed by atoms with Crippen molar-refractivity contribution in [1.29, 1.82) is 0 Å². The molecular weight excluding hydrogens is 648 g/mol. The molecular formula is C37H27ClN4O3S2. The van der Waals surface area contributed by atoms with Gasteiger partial charge in [-0.3, -0.25) is 14.4 Å². The van der Waals surface area contributed by atoms with E-state index in [2.05, 4.69) is 20.9 Å². The molecule has 0 spiro atoms. The lowest BCUT2D eigenvalue weighted by Gasteiger charge is -2.12. The zero-order chi connectivity index (χ0) is 32.6. The average Bonchev–Trinajstić information content (AvgIpc) is 3.56. The Morgan fingerprint density at radius 1 is 0.787 bits per heavy atom. The van der Waals surface area contributed by atoms with Crippen LogP contribution in [0.25, 0.3) is 28.1 Å². The number of amides is 3. The van der Waals surface area contributed by atoms with Crippen molar-refractivity contribution < 1.29 is 14.4 Å². The number of carbonyl (C=O) groups is 3. The molecule has 1 aromatic heterocycles. The number of aromatic nitrogens is 1. The van der Waals surface area contributed by atoms with Gasteiger partial charge in [0.2, 0.25) is 5.91 Å². The fourth-order valence-corrected chi connectivity index (χ4v) is 6.39. The molecule has 1 heterocycles. The molecule has 0 aliphatic rings. The first-order valence-corrected chi connectivity index (χ1v) is 16.8. The predicted molar refractivity (Wildman–Crippen MR) is 193 cm³/mol. The van der Waals surface area contributed by atoms with Gasteiger partial charge in [0.1, 0.15) is 5.70 Å². The lowest BCUT2D eigenvalue weighted by molar-refractivity contribution is -0.114. The standard InChI is InChI=1S/C37H27ClN4O3S2/c38-31-16-7-6-15-30(31)33-22-47-37(41-33)42-34(43)23-46-28-19-17-27(18-20-28)39-36(45)32(40-35(44)25-10-2-1-3-11-25)21-26-13-8-12-24-9-4-5-14-29(24)26/h1-22H,23H2,(H,39,45)(H,40,44)(H,41,42,43)/b32-21-. The number of hydrogen-bond acceptors (Lipinski definition) is 6. The number of fused-ring (bicyclic) bond motifs is 1. The Kier molecular flexibility index (Phi) is 10.1. The average molecular weight is 675 g/mol. The van der Waals surface area contributed by atoms with E-state index in [-0.39, 0.29) is 17.4 Å². The molecule has 10 heteroatoms. The molecule has 0 saturated heterocycles. The van der Waals surface area contributed by atoms with Crippen LogP contribution in [-0.2, 0) is 9.59 Å². The molecule has 6 rings (SSSR count). The summed E-state index contributed by atoms with van der Waals surface area (Å²) < 4.78 is 0. The van der Waals surface area contributed by atoms with Crippen LogP contribution in [0.1, 0.15) is 15.9 Å². The second kappa shape index (κ2) is 14.9. The molecule has 3 amide bonds. The van der Waals surface area contributed by atoms with Crippen LogP contribution in [0, 0.1) is 0 Å². The van der Waals surface area contributed by atoms with Crippen LogP contribution < -0.4 is 16.0 Å². The maximum atomic E-state index is 13.5. The van der Waals surface area contributed by atoms with E-state index in [1.54, 1.807) is 48.5 Å². The van der Waals surface area contributed by atoms with Gasteiger partial charge in [0.05, 0.1) is 11.4 Å². The summed E-state index contributed by atoms with van der Waals surface area (Å²) in [5.74, 6) is -0.877. The van der Waals surface area contributed by atoms with Gasteiger partial charge in [0.15, 0.2) is 5.13 Å². The van der Waals surface area contributed by atoms with Gasteiger partial charge in [-0.1, -0.05) is 90.5 Å². The summed E-state index contributed by atoms with van der Waals surface area (Å²) in [4.78, 5) is 44.5. The molecule has 0 aliphatic heterocycles. The number of benzene rings is 5. The fraction of sp³-hybridized carbons (Fsp3) is 0.0270. The Labute approximate surface area is 284 Å². The van der Waals surface area contributed by atoms with E-state index in [1.807, 2.05) is 84.2 Å². The number of halogens is 1. The van der Waals surface area contributed by atoms with Gasteiger partial charge in [-0.25, -0.2) is 4.98 Å². The SMILES string of the molecule is O=C(CSc1ccc(NC(=O)/C(=C/c2cccc3ccccc23)NC(=O)c2ccccc2)cc1)Nc1nc(-c2ccccc2Cl)cs1. The first-order chi connectivity index (χ1) is 22.9. The van der Waals surface area contributed by atoms with Crippen molar-refractivity contribution in [3.63, 3.8) is 0 Å². The number of nitrogens with zero attached hydrogens (tertiary/aromatic N) is 1. The van der Waals surface area contributed by atoms with Crippen LogP contribution in [0.3, 0.4) is 0 Å². The van der Waals surface area contributed by atoms with Crippen molar-refractivity contribution in [2.45, 2.75) is 4.90 Å². The third-order valence-corrected chi connectivity index (χ3v) is 9.13. The molecule has 0 atom stereocenters. The summed E-state index contributed by atoms with van der Waals surface area (Å²) in [5, 5.41) is 13.4. The minimum atomic E-state index is -0.471. The minimum absolute atomic E-state index is 0.102. The summed E-state index contributed by atoms with van der Waals surface area (Å²) in [6.07, 6.45) is 1.68. The number of anilines is 2. The van der Waals surface area contributed by atoms with Crippen LogP contribution in [0.15, 0.2) is 137 Å². The second-order valence-corrected chi connectivity index (χ2v) is 12.6. The quantitative estimate of drug-likeness (QED) is 0.0997. The Hall–Kier alpha value is -5.22. The van der Waals surface area contributed by atoms with Gasteiger partial charge in [-0.2, -0.15) is 0 Å². The number of thiazole rings is 1. The topological polar surface area (TPSA) is 100 Å².